The fraction of sp³-hybridized carbons (Fsp3) is 0.667. The summed E-state index contributed by atoms with van der Waals surface area (Å²) in [5.41, 5.74) is 0.622. The van der Waals surface area contributed by atoms with E-state index in [0.29, 0.717) is 31.0 Å². The van der Waals surface area contributed by atoms with Crippen LogP contribution in [-0.4, -0.2) is 42.1 Å². The third-order valence-corrected chi connectivity index (χ3v) is 4.52. The van der Waals surface area contributed by atoms with Crippen molar-refractivity contribution in [2.45, 2.75) is 39.0 Å². The van der Waals surface area contributed by atoms with E-state index in [2.05, 4.69) is 21.4 Å². The van der Waals surface area contributed by atoms with Crippen molar-refractivity contribution < 1.29 is 13.2 Å². The van der Waals surface area contributed by atoms with Crippen LogP contribution in [0.4, 0.5) is 0 Å². The first kappa shape index (κ1) is 15.1. The molecule has 2 heterocycles. The highest BCUT2D eigenvalue weighted by Gasteiger charge is 2.25. The third kappa shape index (κ3) is 3.87. The molecule has 0 fully saturated rings. The Morgan fingerprint density at radius 3 is 3.00 bits per heavy atom. The van der Waals surface area contributed by atoms with Crippen LogP contribution in [0, 0.1) is 0 Å². The van der Waals surface area contributed by atoms with Gasteiger partial charge < -0.3 is 4.74 Å². The minimum Gasteiger partial charge on any atom is -0.377 e. The van der Waals surface area contributed by atoms with Crippen molar-refractivity contribution in [3.8, 4) is 0 Å². The van der Waals surface area contributed by atoms with E-state index in [1.165, 1.54) is 0 Å². The number of rotatable bonds is 6. The summed E-state index contributed by atoms with van der Waals surface area (Å²) in [4.78, 5) is 4.36. The molecule has 1 aliphatic heterocycles. The molecule has 2 rings (SSSR count). The molecule has 0 spiro atoms. The van der Waals surface area contributed by atoms with E-state index in [1.54, 1.807) is 18.7 Å². The zero-order valence-corrected chi connectivity index (χ0v) is 12.6. The molecule has 0 amide bonds. The number of hydrogen-bond donors (Lipinski definition) is 1. The first-order chi connectivity index (χ1) is 9.39. The van der Waals surface area contributed by atoms with E-state index in [-0.39, 0.29) is 11.8 Å². The summed E-state index contributed by atoms with van der Waals surface area (Å²) in [6.07, 6.45) is 1.43. The Kier molecular flexibility index (Phi) is 4.56. The minimum absolute atomic E-state index is 0.0390. The smallest absolute Gasteiger partial charge is 0.215 e. The highest BCUT2D eigenvalue weighted by molar-refractivity contribution is 7.89. The molecule has 1 unspecified atom stereocenters. The summed E-state index contributed by atoms with van der Waals surface area (Å²) in [5.74, 6) is 1.48. The molecule has 20 heavy (non-hydrogen) atoms. The molecule has 0 aliphatic carbocycles. The SMILES string of the molecule is C=C(C)CS(=O)(=O)NC1CCc2nc(COC)nn2C1. The van der Waals surface area contributed by atoms with Crippen LogP contribution in [0.1, 0.15) is 25.0 Å². The largest absolute Gasteiger partial charge is 0.377 e. The van der Waals surface area contributed by atoms with Crippen LogP contribution in [0.25, 0.3) is 0 Å². The van der Waals surface area contributed by atoms with Crippen molar-refractivity contribution in [1.82, 2.24) is 19.5 Å². The zero-order chi connectivity index (χ0) is 14.8. The van der Waals surface area contributed by atoms with E-state index in [9.17, 15) is 8.42 Å². The molecule has 0 saturated carbocycles. The first-order valence-electron chi connectivity index (χ1n) is 6.45. The van der Waals surface area contributed by atoms with Gasteiger partial charge in [-0.05, 0) is 13.3 Å². The van der Waals surface area contributed by atoms with Crippen LogP contribution >= 0.6 is 0 Å². The van der Waals surface area contributed by atoms with E-state index in [4.69, 9.17) is 4.74 Å². The maximum absolute atomic E-state index is 11.9. The second-order valence-corrected chi connectivity index (χ2v) is 6.88. The number of sulfonamides is 1. The summed E-state index contributed by atoms with van der Waals surface area (Å²) in [6, 6.07) is -0.149. The summed E-state index contributed by atoms with van der Waals surface area (Å²) in [6.45, 7) is 6.20. The van der Waals surface area contributed by atoms with Gasteiger partial charge in [0.25, 0.3) is 0 Å². The van der Waals surface area contributed by atoms with Crippen molar-refractivity contribution in [3.63, 3.8) is 0 Å². The number of aryl methyl sites for hydroxylation is 1. The van der Waals surface area contributed by atoms with Crippen molar-refractivity contribution in [3.05, 3.63) is 23.8 Å². The first-order valence-corrected chi connectivity index (χ1v) is 8.11. The van der Waals surface area contributed by atoms with Crippen molar-refractivity contribution in [2.75, 3.05) is 12.9 Å². The number of aromatic nitrogens is 3. The Hall–Kier alpha value is -1.25. The fourth-order valence-electron chi connectivity index (χ4n) is 2.27. The minimum atomic E-state index is -3.32. The standard InChI is InChI=1S/C12H20N4O3S/c1-9(2)8-20(17,18)15-10-4-5-12-13-11(7-19-3)14-16(12)6-10/h10,15H,1,4-8H2,2-3H3. The van der Waals surface area contributed by atoms with Gasteiger partial charge >= 0.3 is 0 Å². The van der Waals surface area contributed by atoms with Crippen LogP contribution in [-0.2, 0) is 34.3 Å². The van der Waals surface area contributed by atoms with Gasteiger partial charge in [0.1, 0.15) is 12.4 Å². The predicted octanol–water partition coefficient (Wildman–Crippen LogP) is 0.235. The zero-order valence-electron chi connectivity index (χ0n) is 11.8. The Labute approximate surface area is 119 Å². The van der Waals surface area contributed by atoms with E-state index in [1.807, 2.05) is 0 Å². The van der Waals surface area contributed by atoms with Gasteiger partial charge in [-0.2, -0.15) is 5.10 Å². The number of ether oxygens (including phenoxy) is 1. The molecule has 1 atom stereocenters. The van der Waals surface area contributed by atoms with Crippen molar-refractivity contribution >= 4 is 10.0 Å². The molecule has 1 aliphatic rings. The summed E-state index contributed by atoms with van der Waals surface area (Å²) in [5, 5.41) is 4.31. The summed E-state index contributed by atoms with van der Waals surface area (Å²) < 4.78 is 33.2. The van der Waals surface area contributed by atoms with Crippen LogP contribution in [0.5, 0.6) is 0 Å². The lowest BCUT2D eigenvalue weighted by Crippen LogP contribution is -2.42. The van der Waals surface area contributed by atoms with Crippen LogP contribution in [0.3, 0.4) is 0 Å². The maximum Gasteiger partial charge on any atom is 0.215 e. The molecule has 8 heteroatoms. The van der Waals surface area contributed by atoms with E-state index >= 15 is 0 Å². The van der Waals surface area contributed by atoms with Gasteiger partial charge in [-0.1, -0.05) is 12.2 Å². The van der Waals surface area contributed by atoms with Crippen LogP contribution < -0.4 is 4.72 Å². The molecule has 0 radical (unpaired) electrons. The summed E-state index contributed by atoms with van der Waals surface area (Å²) in [7, 11) is -1.73. The van der Waals surface area contributed by atoms with Gasteiger partial charge in [0.05, 0.1) is 12.3 Å². The Morgan fingerprint density at radius 1 is 1.60 bits per heavy atom. The van der Waals surface area contributed by atoms with Crippen LogP contribution in [0.2, 0.25) is 0 Å². The van der Waals surface area contributed by atoms with Gasteiger partial charge in [-0.15, -0.1) is 0 Å². The Bertz CT molecular complexity index is 594. The van der Waals surface area contributed by atoms with Gasteiger partial charge in [0.15, 0.2) is 5.82 Å². The van der Waals surface area contributed by atoms with E-state index < -0.39 is 10.0 Å². The van der Waals surface area contributed by atoms with Gasteiger partial charge in [-0.3, -0.25) is 0 Å². The second kappa shape index (κ2) is 6.02. The van der Waals surface area contributed by atoms with Crippen molar-refractivity contribution in [1.29, 1.82) is 0 Å². The fourth-order valence-corrected chi connectivity index (χ4v) is 3.70. The Balaban J connectivity index is 2.02. The van der Waals surface area contributed by atoms with Gasteiger partial charge in [0.2, 0.25) is 10.0 Å². The number of fused-ring (bicyclic) bond motifs is 1. The molecule has 0 bridgehead atoms. The normalized spacial score (nSPS) is 18.8. The quantitative estimate of drug-likeness (QED) is 0.760. The molecule has 7 nitrogen and oxygen atoms in total. The lowest BCUT2D eigenvalue weighted by molar-refractivity contribution is 0.177. The molecule has 1 N–H and O–H groups in total. The highest BCUT2D eigenvalue weighted by atomic mass is 32.2. The number of nitrogens with zero attached hydrogens (tertiary/aromatic N) is 3. The number of methoxy groups -OCH3 is 1. The Morgan fingerprint density at radius 2 is 2.35 bits per heavy atom. The number of hydrogen-bond acceptors (Lipinski definition) is 5. The average Bonchev–Trinajstić information content (AvgIpc) is 2.68. The monoisotopic (exact) mass is 300 g/mol. The molecule has 0 saturated heterocycles. The van der Waals surface area contributed by atoms with Gasteiger partial charge in [0, 0.05) is 19.6 Å². The maximum atomic E-state index is 11.9. The van der Waals surface area contributed by atoms with Crippen LogP contribution in [0.15, 0.2) is 12.2 Å². The molecule has 0 aromatic carbocycles. The predicted molar refractivity (Wildman–Crippen MR) is 74.6 cm³/mol. The third-order valence-electron chi connectivity index (χ3n) is 2.96. The van der Waals surface area contributed by atoms with Gasteiger partial charge in [-0.25, -0.2) is 22.8 Å². The summed E-state index contributed by atoms with van der Waals surface area (Å²) >= 11 is 0. The molecule has 112 valence electrons. The molecular weight excluding hydrogens is 280 g/mol. The average molecular weight is 300 g/mol. The second-order valence-electron chi connectivity index (χ2n) is 5.13. The molecule has 1 aromatic heterocycles. The lowest BCUT2D eigenvalue weighted by Gasteiger charge is -2.23. The van der Waals surface area contributed by atoms with Crippen molar-refractivity contribution in [2.24, 2.45) is 0 Å². The lowest BCUT2D eigenvalue weighted by atomic mass is 10.1. The van der Waals surface area contributed by atoms with E-state index in [0.717, 1.165) is 12.2 Å². The highest BCUT2D eigenvalue weighted by Crippen LogP contribution is 2.14. The topological polar surface area (TPSA) is 86.1 Å². The molecule has 1 aromatic rings. The molecular formula is C12H20N4O3S. The number of nitrogens with one attached hydrogen (secondary N) is 1.